The molecule has 0 heterocycles. The van der Waals surface area contributed by atoms with E-state index in [0.717, 1.165) is 23.2 Å². The van der Waals surface area contributed by atoms with E-state index >= 15 is 0 Å². The maximum atomic E-state index is 5.82. The molecule has 1 rings (SSSR count). The van der Waals surface area contributed by atoms with Crippen LogP contribution in [0.3, 0.4) is 0 Å². The first-order valence-electron chi connectivity index (χ1n) is 6.20. The molecule has 102 valence electrons. The summed E-state index contributed by atoms with van der Waals surface area (Å²) in [6, 6.07) is 6.61. The number of ether oxygens (including phenoxy) is 1. The molecule has 0 bridgehead atoms. The number of benzene rings is 1. The average molecular weight is 335 g/mol. The molecule has 18 heavy (non-hydrogen) atoms. The molecule has 0 aliphatic rings. The number of hydrogen-bond donors (Lipinski definition) is 1. The normalized spacial score (nSPS) is 12.8. The van der Waals surface area contributed by atoms with Crippen molar-refractivity contribution in [3.05, 3.63) is 28.2 Å². The van der Waals surface area contributed by atoms with Crippen LogP contribution in [0.25, 0.3) is 0 Å². The van der Waals surface area contributed by atoms with Gasteiger partial charge in [0, 0.05) is 18.5 Å². The van der Waals surface area contributed by atoms with Gasteiger partial charge in [0.25, 0.3) is 0 Å². The summed E-state index contributed by atoms with van der Waals surface area (Å²) in [6.45, 7) is 5.28. The molecule has 0 amide bonds. The van der Waals surface area contributed by atoms with Gasteiger partial charge in [-0.25, -0.2) is 0 Å². The first-order chi connectivity index (χ1) is 8.58. The number of methoxy groups -OCH3 is 1. The molecule has 0 aliphatic carbocycles. The summed E-state index contributed by atoms with van der Waals surface area (Å²) in [5, 5.41) is 3.55. The minimum Gasteiger partial charge on any atom is -0.496 e. The van der Waals surface area contributed by atoms with Crippen LogP contribution in [0.15, 0.2) is 22.7 Å². The zero-order chi connectivity index (χ0) is 13.5. The Kier molecular flexibility index (Phi) is 7.05. The smallest absolute Gasteiger partial charge is 0.133 e. The van der Waals surface area contributed by atoms with Crippen LogP contribution >= 0.6 is 27.5 Å². The SMILES string of the molecule is COc1ccc(CNC(CCCl)C(C)C)cc1Br. The van der Waals surface area contributed by atoms with Crippen LogP contribution in [0.5, 0.6) is 5.75 Å². The molecule has 0 aliphatic heterocycles. The van der Waals surface area contributed by atoms with Crippen molar-refractivity contribution in [2.24, 2.45) is 5.92 Å². The Bertz CT molecular complexity index is 371. The van der Waals surface area contributed by atoms with Gasteiger partial charge in [-0.15, -0.1) is 11.6 Å². The Labute approximate surface area is 123 Å². The van der Waals surface area contributed by atoms with Crippen LogP contribution in [0, 0.1) is 5.92 Å². The third kappa shape index (κ3) is 4.79. The molecule has 0 aromatic heterocycles. The third-order valence-corrected chi connectivity index (χ3v) is 3.85. The van der Waals surface area contributed by atoms with E-state index in [1.54, 1.807) is 7.11 Å². The van der Waals surface area contributed by atoms with Gasteiger partial charge in [0.15, 0.2) is 0 Å². The van der Waals surface area contributed by atoms with Crippen LogP contribution in [0.4, 0.5) is 0 Å². The highest BCUT2D eigenvalue weighted by atomic mass is 79.9. The van der Waals surface area contributed by atoms with E-state index in [9.17, 15) is 0 Å². The first kappa shape index (κ1) is 15.8. The molecule has 0 fully saturated rings. The van der Waals surface area contributed by atoms with Crippen molar-refractivity contribution in [3.63, 3.8) is 0 Å². The second-order valence-corrected chi connectivity index (χ2v) is 5.91. The number of halogens is 2. The second kappa shape index (κ2) is 8.03. The quantitative estimate of drug-likeness (QED) is 0.755. The van der Waals surface area contributed by atoms with Gasteiger partial charge in [-0.3, -0.25) is 0 Å². The molecular weight excluding hydrogens is 314 g/mol. The molecule has 2 nitrogen and oxygen atoms in total. The number of nitrogens with one attached hydrogen (secondary N) is 1. The second-order valence-electron chi connectivity index (χ2n) is 4.68. The standard InChI is InChI=1S/C14H21BrClNO/c1-10(2)13(6-7-16)17-9-11-4-5-14(18-3)12(15)8-11/h4-5,8,10,13,17H,6-7,9H2,1-3H3. The lowest BCUT2D eigenvalue weighted by molar-refractivity contribution is 0.388. The maximum Gasteiger partial charge on any atom is 0.133 e. The highest BCUT2D eigenvalue weighted by molar-refractivity contribution is 9.10. The number of alkyl halides is 1. The molecule has 0 saturated carbocycles. The van der Waals surface area contributed by atoms with Crippen LogP contribution in [0.1, 0.15) is 25.8 Å². The van der Waals surface area contributed by atoms with Crippen molar-refractivity contribution in [2.45, 2.75) is 32.9 Å². The fraction of sp³-hybridized carbons (Fsp3) is 0.571. The number of hydrogen-bond acceptors (Lipinski definition) is 2. The molecule has 1 atom stereocenters. The summed E-state index contributed by atoms with van der Waals surface area (Å²) in [5.74, 6) is 2.15. The summed E-state index contributed by atoms with van der Waals surface area (Å²) in [4.78, 5) is 0. The van der Waals surface area contributed by atoms with Crippen molar-refractivity contribution in [1.82, 2.24) is 5.32 Å². The zero-order valence-electron chi connectivity index (χ0n) is 11.2. The lowest BCUT2D eigenvalue weighted by Gasteiger charge is -2.21. The van der Waals surface area contributed by atoms with E-state index in [2.05, 4.69) is 47.2 Å². The Balaban J connectivity index is 2.59. The van der Waals surface area contributed by atoms with Gasteiger partial charge in [0.2, 0.25) is 0 Å². The Morgan fingerprint density at radius 2 is 2.11 bits per heavy atom. The van der Waals surface area contributed by atoms with Crippen molar-refractivity contribution in [3.8, 4) is 5.75 Å². The van der Waals surface area contributed by atoms with Gasteiger partial charge in [-0.2, -0.15) is 0 Å². The van der Waals surface area contributed by atoms with E-state index in [-0.39, 0.29) is 0 Å². The predicted octanol–water partition coefficient (Wildman–Crippen LogP) is 4.20. The molecule has 0 radical (unpaired) electrons. The highest BCUT2D eigenvalue weighted by Crippen LogP contribution is 2.25. The largest absolute Gasteiger partial charge is 0.496 e. The fourth-order valence-electron chi connectivity index (χ4n) is 1.86. The zero-order valence-corrected chi connectivity index (χ0v) is 13.5. The molecular formula is C14H21BrClNO. The van der Waals surface area contributed by atoms with E-state index in [4.69, 9.17) is 16.3 Å². The topological polar surface area (TPSA) is 21.3 Å². The minimum absolute atomic E-state index is 0.461. The molecule has 0 spiro atoms. The Hall–Kier alpha value is -0.250. The Morgan fingerprint density at radius 3 is 2.61 bits per heavy atom. The Morgan fingerprint density at radius 1 is 1.39 bits per heavy atom. The molecule has 1 N–H and O–H groups in total. The van der Waals surface area contributed by atoms with E-state index < -0.39 is 0 Å². The van der Waals surface area contributed by atoms with Crippen molar-refractivity contribution >= 4 is 27.5 Å². The minimum atomic E-state index is 0.461. The summed E-state index contributed by atoms with van der Waals surface area (Å²) in [7, 11) is 1.67. The van der Waals surface area contributed by atoms with E-state index in [1.165, 1.54) is 5.56 Å². The monoisotopic (exact) mass is 333 g/mol. The van der Waals surface area contributed by atoms with Gasteiger partial charge in [-0.1, -0.05) is 19.9 Å². The summed E-state index contributed by atoms with van der Waals surface area (Å²) >= 11 is 9.32. The average Bonchev–Trinajstić information content (AvgIpc) is 2.34. The van der Waals surface area contributed by atoms with Crippen LogP contribution < -0.4 is 10.1 Å². The van der Waals surface area contributed by atoms with E-state index in [1.807, 2.05) is 6.07 Å². The molecule has 0 saturated heterocycles. The predicted molar refractivity (Wildman–Crippen MR) is 81.5 cm³/mol. The lowest BCUT2D eigenvalue weighted by Crippen LogP contribution is -2.33. The van der Waals surface area contributed by atoms with Gasteiger partial charge >= 0.3 is 0 Å². The summed E-state index contributed by atoms with van der Waals surface area (Å²) in [6.07, 6.45) is 0.997. The number of rotatable bonds is 7. The third-order valence-electron chi connectivity index (χ3n) is 3.01. The summed E-state index contributed by atoms with van der Waals surface area (Å²) < 4.78 is 6.21. The van der Waals surface area contributed by atoms with Crippen LogP contribution in [-0.2, 0) is 6.54 Å². The highest BCUT2D eigenvalue weighted by Gasteiger charge is 2.12. The lowest BCUT2D eigenvalue weighted by atomic mass is 10.0. The van der Waals surface area contributed by atoms with E-state index in [0.29, 0.717) is 17.8 Å². The summed E-state index contributed by atoms with van der Waals surface area (Å²) in [5.41, 5.74) is 1.24. The fourth-order valence-corrected chi connectivity index (χ4v) is 2.68. The van der Waals surface area contributed by atoms with Crippen LogP contribution in [0.2, 0.25) is 0 Å². The maximum absolute atomic E-state index is 5.82. The van der Waals surface area contributed by atoms with Gasteiger partial charge in [0.1, 0.15) is 5.75 Å². The molecule has 4 heteroatoms. The molecule has 1 unspecified atom stereocenters. The first-order valence-corrected chi connectivity index (χ1v) is 7.53. The van der Waals surface area contributed by atoms with Crippen molar-refractivity contribution in [2.75, 3.05) is 13.0 Å². The van der Waals surface area contributed by atoms with Gasteiger partial charge in [-0.05, 0) is 46.0 Å². The van der Waals surface area contributed by atoms with Gasteiger partial charge < -0.3 is 10.1 Å². The van der Waals surface area contributed by atoms with Gasteiger partial charge in [0.05, 0.1) is 11.6 Å². The van der Waals surface area contributed by atoms with Crippen LogP contribution in [-0.4, -0.2) is 19.0 Å². The molecule has 1 aromatic carbocycles. The van der Waals surface area contributed by atoms with Crippen molar-refractivity contribution in [1.29, 1.82) is 0 Å². The molecule has 1 aromatic rings. The van der Waals surface area contributed by atoms with Crippen molar-refractivity contribution < 1.29 is 4.74 Å².